The molecule has 21 heavy (non-hydrogen) atoms. The Kier molecular flexibility index (Phi) is 6.51. The summed E-state index contributed by atoms with van der Waals surface area (Å²) in [5.41, 5.74) is 1.26. The van der Waals surface area contributed by atoms with Gasteiger partial charge >= 0.3 is 0 Å². The van der Waals surface area contributed by atoms with Crippen LogP contribution in [-0.4, -0.2) is 39.1 Å². The van der Waals surface area contributed by atoms with Crippen molar-refractivity contribution in [3.63, 3.8) is 0 Å². The van der Waals surface area contributed by atoms with Crippen molar-refractivity contribution in [2.75, 3.05) is 38.1 Å². The van der Waals surface area contributed by atoms with E-state index >= 15 is 0 Å². The topological polar surface area (TPSA) is 44.4 Å². The summed E-state index contributed by atoms with van der Waals surface area (Å²) in [6.07, 6.45) is 2.66. The first-order valence-electron chi connectivity index (χ1n) is 7.61. The second kappa shape index (κ2) is 8.39. The average molecular weight is 354 g/mol. The number of halogens is 1. The zero-order valence-electron chi connectivity index (χ0n) is 12.6. The van der Waals surface area contributed by atoms with Crippen LogP contribution >= 0.6 is 15.9 Å². The van der Waals surface area contributed by atoms with Gasteiger partial charge in [0.05, 0.1) is 0 Å². The molecule has 1 aromatic carbocycles. The Morgan fingerprint density at radius 2 is 2.33 bits per heavy atom. The molecule has 1 atom stereocenters. The van der Waals surface area contributed by atoms with E-state index in [2.05, 4.69) is 49.7 Å². The van der Waals surface area contributed by atoms with E-state index in [-0.39, 0.29) is 5.91 Å². The Hall–Kier alpha value is -1.07. The highest BCUT2D eigenvalue weighted by Crippen LogP contribution is 2.25. The van der Waals surface area contributed by atoms with Crippen LogP contribution in [0.25, 0.3) is 0 Å². The molecule has 116 valence electrons. The highest BCUT2D eigenvalue weighted by Gasteiger charge is 2.23. The number of rotatable bonds is 7. The van der Waals surface area contributed by atoms with Crippen LogP contribution in [0, 0.1) is 5.92 Å². The van der Waals surface area contributed by atoms with Crippen LogP contribution in [0.1, 0.15) is 19.3 Å². The van der Waals surface area contributed by atoms with Gasteiger partial charge < -0.3 is 15.5 Å². The van der Waals surface area contributed by atoms with Crippen molar-refractivity contribution in [3.8, 4) is 0 Å². The Balaban J connectivity index is 1.72. The summed E-state index contributed by atoms with van der Waals surface area (Å²) >= 11 is 3.52. The van der Waals surface area contributed by atoms with Gasteiger partial charge in [0.25, 0.3) is 0 Å². The number of nitrogens with one attached hydrogen (secondary N) is 2. The third-order valence-corrected chi connectivity index (χ3v) is 4.37. The van der Waals surface area contributed by atoms with E-state index in [4.69, 9.17) is 0 Å². The predicted molar refractivity (Wildman–Crippen MR) is 90.6 cm³/mol. The zero-order chi connectivity index (χ0) is 15.1. The predicted octanol–water partition coefficient (Wildman–Crippen LogP) is 2.39. The summed E-state index contributed by atoms with van der Waals surface area (Å²) in [6, 6.07) is 8.40. The number of anilines is 1. The normalized spacial score (nSPS) is 18.0. The molecule has 1 unspecified atom stereocenters. The monoisotopic (exact) mass is 353 g/mol. The van der Waals surface area contributed by atoms with Gasteiger partial charge in [-0.15, -0.1) is 0 Å². The number of nitrogens with zero attached hydrogens (tertiary/aromatic N) is 1. The third-order valence-electron chi connectivity index (χ3n) is 3.88. The highest BCUT2D eigenvalue weighted by molar-refractivity contribution is 9.10. The number of hydrogen-bond acceptors (Lipinski definition) is 3. The van der Waals surface area contributed by atoms with Gasteiger partial charge in [-0.2, -0.15) is 0 Å². The van der Waals surface area contributed by atoms with Crippen molar-refractivity contribution in [3.05, 3.63) is 28.7 Å². The molecule has 0 aliphatic carbocycles. The molecule has 1 fully saturated rings. The first kappa shape index (κ1) is 16.3. The maximum atomic E-state index is 11.7. The van der Waals surface area contributed by atoms with Gasteiger partial charge in [0.2, 0.25) is 5.91 Å². The molecular formula is C16H24BrN3O. The lowest BCUT2D eigenvalue weighted by Gasteiger charge is -2.19. The van der Waals surface area contributed by atoms with E-state index < -0.39 is 0 Å². The van der Waals surface area contributed by atoms with Crippen LogP contribution in [0.15, 0.2) is 28.7 Å². The lowest BCUT2D eigenvalue weighted by atomic mass is 10.1. The van der Waals surface area contributed by atoms with Crippen LogP contribution in [0.5, 0.6) is 0 Å². The molecule has 1 heterocycles. The van der Waals surface area contributed by atoms with E-state index in [0.717, 1.165) is 43.5 Å². The SMILES string of the molecule is CNCCCC(=O)NCC1CCN(c2cccc(Br)c2)C1. The highest BCUT2D eigenvalue weighted by atomic mass is 79.9. The minimum Gasteiger partial charge on any atom is -0.371 e. The van der Waals surface area contributed by atoms with E-state index in [9.17, 15) is 4.79 Å². The van der Waals surface area contributed by atoms with Crippen LogP contribution in [0.2, 0.25) is 0 Å². The Morgan fingerprint density at radius 3 is 3.10 bits per heavy atom. The smallest absolute Gasteiger partial charge is 0.220 e. The third kappa shape index (κ3) is 5.32. The van der Waals surface area contributed by atoms with Gasteiger partial charge in [-0.3, -0.25) is 4.79 Å². The van der Waals surface area contributed by atoms with Crippen molar-refractivity contribution in [2.45, 2.75) is 19.3 Å². The van der Waals surface area contributed by atoms with Gasteiger partial charge in [0, 0.05) is 36.2 Å². The largest absolute Gasteiger partial charge is 0.371 e. The van der Waals surface area contributed by atoms with Gasteiger partial charge in [0.1, 0.15) is 0 Å². The molecule has 0 saturated carbocycles. The minimum absolute atomic E-state index is 0.172. The van der Waals surface area contributed by atoms with Crippen LogP contribution in [0.4, 0.5) is 5.69 Å². The standard InChI is InChI=1S/C16H24BrN3O/c1-18-8-3-6-16(21)19-11-13-7-9-20(12-13)15-5-2-4-14(17)10-15/h2,4-5,10,13,18H,3,6-9,11-12H2,1H3,(H,19,21). The van der Waals surface area contributed by atoms with Gasteiger partial charge in [-0.1, -0.05) is 22.0 Å². The van der Waals surface area contributed by atoms with E-state index in [1.807, 2.05) is 13.1 Å². The molecule has 2 rings (SSSR count). The van der Waals surface area contributed by atoms with Crippen molar-refractivity contribution in [1.82, 2.24) is 10.6 Å². The number of hydrogen-bond donors (Lipinski definition) is 2. The second-order valence-corrected chi connectivity index (χ2v) is 6.51. The van der Waals surface area contributed by atoms with Crippen molar-refractivity contribution < 1.29 is 4.79 Å². The molecule has 4 nitrogen and oxygen atoms in total. The lowest BCUT2D eigenvalue weighted by molar-refractivity contribution is -0.121. The van der Waals surface area contributed by atoms with Crippen molar-refractivity contribution >= 4 is 27.5 Å². The lowest BCUT2D eigenvalue weighted by Crippen LogP contribution is -2.31. The van der Waals surface area contributed by atoms with Gasteiger partial charge in [-0.25, -0.2) is 0 Å². The summed E-state index contributed by atoms with van der Waals surface area (Å²) in [5, 5.41) is 6.12. The molecule has 1 aliphatic rings. The van der Waals surface area contributed by atoms with Crippen LogP contribution in [0.3, 0.4) is 0 Å². The summed E-state index contributed by atoms with van der Waals surface area (Å²) in [4.78, 5) is 14.1. The zero-order valence-corrected chi connectivity index (χ0v) is 14.2. The van der Waals surface area contributed by atoms with Crippen LogP contribution < -0.4 is 15.5 Å². The van der Waals surface area contributed by atoms with Gasteiger partial charge in [-0.05, 0) is 50.6 Å². The summed E-state index contributed by atoms with van der Waals surface area (Å²) in [6.45, 7) is 3.78. The van der Waals surface area contributed by atoms with E-state index in [0.29, 0.717) is 12.3 Å². The van der Waals surface area contributed by atoms with E-state index in [1.54, 1.807) is 0 Å². The minimum atomic E-state index is 0.172. The summed E-state index contributed by atoms with van der Waals surface area (Å²) < 4.78 is 1.11. The molecule has 0 aromatic heterocycles. The Labute approximate surface area is 135 Å². The molecule has 1 saturated heterocycles. The van der Waals surface area contributed by atoms with Crippen molar-refractivity contribution in [1.29, 1.82) is 0 Å². The summed E-state index contributed by atoms with van der Waals surface area (Å²) in [5.74, 6) is 0.725. The van der Waals surface area contributed by atoms with E-state index in [1.165, 1.54) is 5.69 Å². The average Bonchev–Trinajstić information content (AvgIpc) is 2.94. The molecule has 1 aliphatic heterocycles. The Morgan fingerprint density at radius 1 is 1.48 bits per heavy atom. The quantitative estimate of drug-likeness (QED) is 0.739. The number of benzene rings is 1. The second-order valence-electron chi connectivity index (χ2n) is 5.59. The number of carbonyl (C=O) groups is 1. The maximum absolute atomic E-state index is 11.7. The first-order chi connectivity index (χ1) is 10.2. The molecule has 1 aromatic rings. The number of amides is 1. The van der Waals surface area contributed by atoms with Crippen molar-refractivity contribution in [2.24, 2.45) is 5.92 Å². The molecule has 1 amide bonds. The molecule has 0 bridgehead atoms. The maximum Gasteiger partial charge on any atom is 0.220 e. The Bertz CT molecular complexity index is 467. The first-order valence-corrected chi connectivity index (χ1v) is 8.40. The van der Waals surface area contributed by atoms with Gasteiger partial charge in [0.15, 0.2) is 0 Å². The fraction of sp³-hybridized carbons (Fsp3) is 0.562. The molecule has 2 N–H and O–H groups in total. The van der Waals surface area contributed by atoms with Crippen LogP contribution in [-0.2, 0) is 4.79 Å². The molecule has 0 radical (unpaired) electrons. The molecule has 0 spiro atoms. The fourth-order valence-corrected chi connectivity index (χ4v) is 3.07. The molecule has 5 heteroatoms. The summed E-state index contributed by atoms with van der Waals surface area (Å²) in [7, 11) is 1.91. The molecular weight excluding hydrogens is 330 g/mol. The fourth-order valence-electron chi connectivity index (χ4n) is 2.68. The number of carbonyl (C=O) groups excluding carboxylic acids is 1.